The number of carbonyl (C=O) groups is 1. The molecule has 0 aliphatic carbocycles. The normalized spacial score (nSPS) is 16.3. The summed E-state index contributed by atoms with van der Waals surface area (Å²) < 4.78 is 0. The van der Waals surface area contributed by atoms with Crippen molar-refractivity contribution in [2.45, 2.75) is 33.2 Å². The predicted molar refractivity (Wildman–Crippen MR) is 85.6 cm³/mol. The first-order valence-electron chi connectivity index (χ1n) is 7.84. The number of hydrogen-bond acceptors (Lipinski definition) is 4. The number of pyridine rings is 1. The molecule has 21 heavy (non-hydrogen) atoms. The molecular weight excluding hydrogens is 264 g/mol. The van der Waals surface area contributed by atoms with Gasteiger partial charge in [-0.05, 0) is 26.3 Å². The van der Waals surface area contributed by atoms with E-state index in [-0.39, 0.29) is 5.91 Å². The molecule has 1 aromatic heterocycles. The Hall–Kier alpha value is -1.62. The molecule has 1 aliphatic heterocycles. The Labute approximate surface area is 127 Å². The SMILES string of the molecule is CCCNc1cnccc1C(=O)N1CCN(C(C)C)CC1. The predicted octanol–water partition coefficient (Wildman–Crippen LogP) is 2.07. The van der Waals surface area contributed by atoms with Crippen molar-refractivity contribution in [1.82, 2.24) is 14.8 Å². The average molecular weight is 290 g/mol. The largest absolute Gasteiger partial charge is 0.383 e. The molecule has 1 aliphatic rings. The molecule has 5 nitrogen and oxygen atoms in total. The van der Waals surface area contributed by atoms with Gasteiger partial charge in [-0.1, -0.05) is 6.92 Å². The summed E-state index contributed by atoms with van der Waals surface area (Å²) in [5, 5.41) is 3.29. The summed E-state index contributed by atoms with van der Waals surface area (Å²) in [6.07, 6.45) is 4.46. The molecule has 0 bridgehead atoms. The van der Waals surface area contributed by atoms with Gasteiger partial charge in [-0.25, -0.2) is 0 Å². The van der Waals surface area contributed by atoms with Crippen LogP contribution in [-0.2, 0) is 0 Å². The number of hydrogen-bond donors (Lipinski definition) is 1. The number of anilines is 1. The topological polar surface area (TPSA) is 48.5 Å². The molecule has 0 aromatic carbocycles. The second-order valence-corrected chi connectivity index (χ2v) is 5.77. The number of nitrogens with zero attached hydrogens (tertiary/aromatic N) is 3. The van der Waals surface area contributed by atoms with E-state index in [0.717, 1.165) is 50.4 Å². The van der Waals surface area contributed by atoms with E-state index in [9.17, 15) is 4.79 Å². The lowest BCUT2D eigenvalue weighted by Gasteiger charge is -2.37. The fourth-order valence-electron chi connectivity index (χ4n) is 2.59. The van der Waals surface area contributed by atoms with Crippen LogP contribution in [0.1, 0.15) is 37.6 Å². The maximum absolute atomic E-state index is 12.7. The lowest BCUT2D eigenvalue weighted by molar-refractivity contribution is 0.0596. The first-order chi connectivity index (χ1) is 10.1. The average Bonchev–Trinajstić information content (AvgIpc) is 2.52. The van der Waals surface area contributed by atoms with Crippen LogP contribution in [0.3, 0.4) is 0 Å². The third-order valence-electron chi connectivity index (χ3n) is 3.95. The summed E-state index contributed by atoms with van der Waals surface area (Å²) in [5.74, 6) is 0.111. The summed E-state index contributed by atoms with van der Waals surface area (Å²) >= 11 is 0. The Balaban J connectivity index is 2.04. The lowest BCUT2D eigenvalue weighted by Crippen LogP contribution is -2.50. The fraction of sp³-hybridized carbons (Fsp3) is 0.625. The summed E-state index contributed by atoms with van der Waals surface area (Å²) in [5.41, 5.74) is 1.58. The van der Waals surface area contributed by atoms with Crippen LogP contribution in [0.25, 0.3) is 0 Å². The van der Waals surface area contributed by atoms with E-state index in [1.54, 1.807) is 12.4 Å². The monoisotopic (exact) mass is 290 g/mol. The van der Waals surface area contributed by atoms with Crippen molar-refractivity contribution in [2.24, 2.45) is 0 Å². The minimum absolute atomic E-state index is 0.111. The maximum Gasteiger partial charge on any atom is 0.256 e. The van der Waals surface area contributed by atoms with Crippen molar-refractivity contribution in [3.05, 3.63) is 24.0 Å². The number of nitrogens with one attached hydrogen (secondary N) is 1. The third kappa shape index (κ3) is 3.94. The highest BCUT2D eigenvalue weighted by Gasteiger charge is 2.24. The van der Waals surface area contributed by atoms with E-state index in [0.29, 0.717) is 6.04 Å². The second-order valence-electron chi connectivity index (χ2n) is 5.77. The van der Waals surface area contributed by atoms with Gasteiger partial charge in [0.15, 0.2) is 0 Å². The van der Waals surface area contributed by atoms with Crippen LogP contribution in [0.15, 0.2) is 18.5 Å². The number of piperazine rings is 1. The Morgan fingerprint density at radius 2 is 2.05 bits per heavy atom. The molecule has 116 valence electrons. The molecule has 0 unspecified atom stereocenters. The minimum Gasteiger partial charge on any atom is -0.383 e. The Bertz CT molecular complexity index is 467. The summed E-state index contributed by atoms with van der Waals surface area (Å²) in [7, 11) is 0. The molecule has 1 aromatic rings. The van der Waals surface area contributed by atoms with Crippen molar-refractivity contribution in [3.8, 4) is 0 Å². The van der Waals surface area contributed by atoms with E-state index in [1.807, 2.05) is 11.0 Å². The van der Waals surface area contributed by atoms with Gasteiger partial charge in [-0.2, -0.15) is 0 Å². The molecule has 5 heteroatoms. The van der Waals surface area contributed by atoms with Gasteiger partial charge < -0.3 is 10.2 Å². The number of aromatic nitrogens is 1. The highest BCUT2D eigenvalue weighted by Crippen LogP contribution is 2.17. The number of carbonyl (C=O) groups excluding carboxylic acids is 1. The van der Waals surface area contributed by atoms with Crippen LogP contribution in [0.2, 0.25) is 0 Å². The maximum atomic E-state index is 12.7. The second kappa shape index (κ2) is 7.41. The van der Waals surface area contributed by atoms with Crippen molar-refractivity contribution >= 4 is 11.6 Å². The molecule has 0 spiro atoms. The van der Waals surface area contributed by atoms with Crippen LogP contribution < -0.4 is 5.32 Å². The number of rotatable bonds is 5. The van der Waals surface area contributed by atoms with Gasteiger partial charge in [0.05, 0.1) is 17.4 Å². The molecule has 1 fully saturated rings. The van der Waals surface area contributed by atoms with Gasteiger partial charge in [-0.15, -0.1) is 0 Å². The zero-order valence-electron chi connectivity index (χ0n) is 13.3. The molecule has 0 radical (unpaired) electrons. The lowest BCUT2D eigenvalue weighted by atomic mass is 10.1. The molecule has 1 saturated heterocycles. The molecule has 2 heterocycles. The van der Waals surface area contributed by atoms with Crippen LogP contribution in [0, 0.1) is 0 Å². The fourth-order valence-corrected chi connectivity index (χ4v) is 2.59. The molecule has 0 atom stereocenters. The standard InChI is InChI=1S/C16H26N4O/c1-4-6-18-15-12-17-7-5-14(15)16(21)20-10-8-19(9-11-20)13(2)3/h5,7,12-13,18H,4,6,8-11H2,1-3H3. The van der Waals surface area contributed by atoms with Crippen molar-refractivity contribution in [3.63, 3.8) is 0 Å². The van der Waals surface area contributed by atoms with E-state index in [2.05, 4.69) is 36.0 Å². The zero-order chi connectivity index (χ0) is 15.2. The highest BCUT2D eigenvalue weighted by molar-refractivity contribution is 5.99. The Morgan fingerprint density at radius 3 is 2.67 bits per heavy atom. The minimum atomic E-state index is 0.111. The Kier molecular flexibility index (Phi) is 5.56. The van der Waals surface area contributed by atoms with Gasteiger partial charge in [0.25, 0.3) is 5.91 Å². The van der Waals surface area contributed by atoms with Crippen molar-refractivity contribution in [1.29, 1.82) is 0 Å². The van der Waals surface area contributed by atoms with Crippen LogP contribution >= 0.6 is 0 Å². The first kappa shape index (κ1) is 15.8. The highest BCUT2D eigenvalue weighted by atomic mass is 16.2. The third-order valence-corrected chi connectivity index (χ3v) is 3.95. The summed E-state index contributed by atoms with van der Waals surface area (Å²) in [6.45, 7) is 10.9. The molecular formula is C16H26N4O. The molecule has 2 rings (SSSR count). The van der Waals surface area contributed by atoms with E-state index >= 15 is 0 Å². The quantitative estimate of drug-likeness (QED) is 0.902. The van der Waals surface area contributed by atoms with E-state index < -0.39 is 0 Å². The summed E-state index contributed by atoms with van der Waals surface area (Å²) in [6, 6.07) is 2.36. The molecule has 1 N–H and O–H groups in total. The van der Waals surface area contributed by atoms with Crippen LogP contribution in [0.5, 0.6) is 0 Å². The van der Waals surface area contributed by atoms with E-state index in [4.69, 9.17) is 0 Å². The molecule has 0 saturated carbocycles. The Morgan fingerprint density at radius 1 is 1.33 bits per heavy atom. The zero-order valence-corrected chi connectivity index (χ0v) is 13.3. The van der Waals surface area contributed by atoms with Crippen LogP contribution in [0.4, 0.5) is 5.69 Å². The van der Waals surface area contributed by atoms with Crippen molar-refractivity contribution in [2.75, 3.05) is 38.0 Å². The summed E-state index contributed by atoms with van der Waals surface area (Å²) in [4.78, 5) is 21.2. The van der Waals surface area contributed by atoms with Crippen molar-refractivity contribution < 1.29 is 4.79 Å². The number of amides is 1. The van der Waals surface area contributed by atoms with Gasteiger partial charge in [-0.3, -0.25) is 14.7 Å². The first-order valence-corrected chi connectivity index (χ1v) is 7.84. The van der Waals surface area contributed by atoms with Gasteiger partial charge in [0.2, 0.25) is 0 Å². The van der Waals surface area contributed by atoms with Crippen LogP contribution in [-0.4, -0.2) is 59.5 Å². The van der Waals surface area contributed by atoms with Gasteiger partial charge >= 0.3 is 0 Å². The van der Waals surface area contributed by atoms with Gasteiger partial charge in [0.1, 0.15) is 0 Å². The smallest absolute Gasteiger partial charge is 0.256 e. The molecule has 1 amide bonds. The van der Waals surface area contributed by atoms with E-state index in [1.165, 1.54) is 0 Å². The van der Waals surface area contributed by atoms with Gasteiger partial charge in [0, 0.05) is 45.0 Å².